The molecule has 0 aromatic heterocycles. The first-order valence-electron chi connectivity index (χ1n) is 5.01. The molecule has 0 N–H and O–H groups in total. The Morgan fingerprint density at radius 2 is 1.88 bits per heavy atom. The van der Waals surface area contributed by atoms with Gasteiger partial charge in [0, 0.05) is 18.9 Å². The molecule has 1 aromatic rings. The van der Waals surface area contributed by atoms with E-state index in [1.807, 2.05) is 0 Å². The predicted octanol–water partition coefficient (Wildman–Crippen LogP) is 2.62. The summed E-state index contributed by atoms with van der Waals surface area (Å²) in [5, 5.41) is 0. The average molecular weight is 264 g/mol. The number of hydrogen-bond donors (Lipinski definition) is 0. The van der Waals surface area contributed by atoms with Gasteiger partial charge in [0.05, 0.1) is 6.00 Å². The van der Waals surface area contributed by atoms with Crippen LogP contribution in [0.25, 0.3) is 0 Å². The second-order valence-electron chi connectivity index (χ2n) is 3.94. The van der Waals surface area contributed by atoms with Crippen LogP contribution in [0.4, 0.5) is 13.2 Å². The fraction of sp³-hybridized carbons (Fsp3) is 0.364. The van der Waals surface area contributed by atoms with E-state index >= 15 is 0 Å². The lowest BCUT2D eigenvalue weighted by Gasteiger charge is -2.13. The molecule has 1 atom stereocenters. The summed E-state index contributed by atoms with van der Waals surface area (Å²) in [5.74, 6) is -4.48. The lowest BCUT2D eigenvalue weighted by atomic mass is 9.98. The third-order valence-electron chi connectivity index (χ3n) is 2.84. The number of rotatable bonds is 2. The number of carbonyl (C=O) groups is 1. The quantitative estimate of drug-likeness (QED) is 0.456. The van der Waals surface area contributed by atoms with Gasteiger partial charge in [-0.2, -0.15) is 0 Å². The minimum atomic E-state index is -1.49. The smallest absolute Gasteiger partial charge is 0.224 e. The molecular formula is C11H9ClF3NO. The van der Waals surface area contributed by atoms with Gasteiger partial charge in [0.25, 0.3) is 0 Å². The number of halogens is 4. The van der Waals surface area contributed by atoms with Gasteiger partial charge in [-0.1, -0.05) is 0 Å². The zero-order chi connectivity index (χ0) is 12.6. The largest absolute Gasteiger partial charge is 0.328 e. The highest BCUT2D eigenvalue weighted by Crippen LogP contribution is 2.30. The minimum absolute atomic E-state index is 0.0431. The highest BCUT2D eigenvalue weighted by atomic mass is 35.5. The molecule has 1 aliphatic rings. The first-order chi connectivity index (χ1) is 8.02. The van der Waals surface area contributed by atoms with E-state index in [-0.39, 0.29) is 29.8 Å². The molecule has 1 saturated heterocycles. The van der Waals surface area contributed by atoms with Gasteiger partial charge in [-0.15, -0.1) is 11.6 Å². The van der Waals surface area contributed by atoms with Crippen molar-refractivity contribution in [2.24, 2.45) is 0 Å². The molecule has 1 aromatic carbocycles. The Hall–Kier alpha value is -1.23. The maximum absolute atomic E-state index is 13.0. The summed E-state index contributed by atoms with van der Waals surface area (Å²) in [4.78, 5) is 12.8. The normalized spacial score (nSPS) is 20.1. The van der Waals surface area contributed by atoms with Gasteiger partial charge >= 0.3 is 0 Å². The van der Waals surface area contributed by atoms with Crippen molar-refractivity contribution in [2.75, 3.05) is 12.5 Å². The molecule has 17 heavy (non-hydrogen) atoms. The molecule has 0 aliphatic carbocycles. The minimum Gasteiger partial charge on any atom is -0.328 e. The molecule has 1 unspecified atom stereocenters. The van der Waals surface area contributed by atoms with E-state index in [0.717, 1.165) is 12.1 Å². The second-order valence-corrected chi connectivity index (χ2v) is 4.17. The number of benzene rings is 1. The lowest BCUT2D eigenvalue weighted by Crippen LogP contribution is -2.23. The van der Waals surface area contributed by atoms with E-state index in [4.69, 9.17) is 11.6 Å². The fourth-order valence-corrected chi connectivity index (χ4v) is 2.15. The molecule has 1 fully saturated rings. The SMILES string of the molecule is O=C1CC(c2cc(F)c(F)c(F)c2)CN1CCl. The van der Waals surface area contributed by atoms with E-state index < -0.39 is 17.5 Å². The van der Waals surface area contributed by atoms with Crippen LogP contribution in [0.1, 0.15) is 17.9 Å². The van der Waals surface area contributed by atoms with E-state index in [1.165, 1.54) is 4.90 Å². The van der Waals surface area contributed by atoms with Crippen molar-refractivity contribution in [1.82, 2.24) is 4.90 Å². The maximum Gasteiger partial charge on any atom is 0.224 e. The summed E-state index contributed by atoms with van der Waals surface area (Å²) >= 11 is 5.54. The Balaban J connectivity index is 2.28. The molecule has 0 bridgehead atoms. The first-order valence-corrected chi connectivity index (χ1v) is 5.54. The molecule has 0 radical (unpaired) electrons. The van der Waals surface area contributed by atoms with Crippen LogP contribution in [0.2, 0.25) is 0 Å². The predicted molar refractivity (Wildman–Crippen MR) is 56.1 cm³/mol. The Morgan fingerprint density at radius 1 is 1.29 bits per heavy atom. The summed E-state index contributed by atoms with van der Waals surface area (Å²) in [6.45, 7) is 0.298. The molecular weight excluding hydrogens is 255 g/mol. The van der Waals surface area contributed by atoms with Crippen molar-refractivity contribution in [1.29, 1.82) is 0 Å². The van der Waals surface area contributed by atoms with Crippen LogP contribution < -0.4 is 0 Å². The molecule has 2 nitrogen and oxygen atoms in total. The third kappa shape index (κ3) is 2.24. The zero-order valence-electron chi connectivity index (χ0n) is 8.72. The summed E-state index contributed by atoms with van der Waals surface area (Å²) in [7, 11) is 0. The molecule has 1 heterocycles. The highest BCUT2D eigenvalue weighted by Gasteiger charge is 2.31. The van der Waals surface area contributed by atoms with Crippen LogP contribution in [-0.4, -0.2) is 23.4 Å². The van der Waals surface area contributed by atoms with Crippen LogP contribution in [0.15, 0.2) is 12.1 Å². The van der Waals surface area contributed by atoms with E-state index in [0.29, 0.717) is 6.54 Å². The van der Waals surface area contributed by atoms with Crippen LogP contribution in [0, 0.1) is 17.5 Å². The number of nitrogens with zero attached hydrogens (tertiary/aromatic N) is 1. The molecule has 2 rings (SSSR count). The van der Waals surface area contributed by atoms with Crippen molar-refractivity contribution < 1.29 is 18.0 Å². The summed E-state index contributed by atoms with van der Waals surface area (Å²) in [5.41, 5.74) is 0.280. The Labute approximate surface area is 101 Å². The maximum atomic E-state index is 13.0. The van der Waals surface area contributed by atoms with Gasteiger partial charge in [-0.05, 0) is 17.7 Å². The van der Waals surface area contributed by atoms with Gasteiger partial charge in [0.1, 0.15) is 0 Å². The monoisotopic (exact) mass is 263 g/mol. The van der Waals surface area contributed by atoms with Crippen molar-refractivity contribution in [2.45, 2.75) is 12.3 Å². The average Bonchev–Trinajstić information content (AvgIpc) is 2.66. The van der Waals surface area contributed by atoms with Crippen molar-refractivity contribution in [3.05, 3.63) is 35.1 Å². The molecule has 0 spiro atoms. The van der Waals surface area contributed by atoms with Crippen LogP contribution in [-0.2, 0) is 4.79 Å². The number of likely N-dealkylation sites (tertiary alicyclic amines) is 1. The topological polar surface area (TPSA) is 20.3 Å². The first kappa shape index (κ1) is 12.2. The van der Waals surface area contributed by atoms with Crippen LogP contribution >= 0.6 is 11.6 Å². The standard InChI is InChI=1S/C11H9ClF3NO/c12-5-16-4-7(3-10(16)17)6-1-8(13)11(15)9(14)2-6/h1-2,7H,3-5H2. The number of alkyl halides is 1. The Bertz CT molecular complexity index is 443. The van der Waals surface area contributed by atoms with E-state index in [9.17, 15) is 18.0 Å². The highest BCUT2D eigenvalue weighted by molar-refractivity contribution is 6.18. The van der Waals surface area contributed by atoms with E-state index in [2.05, 4.69) is 0 Å². The number of amides is 1. The number of carbonyl (C=O) groups excluding carboxylic acids is 1. The third-order valence-corrected chi connectivity index (χ3v) is 3.12. The van der Waals surface area contributed by atoms with Gasteiger partial charge in [0.15, 0.2) is 17.5 Å². The van der Waals surface area contributed by atoms with Gasteiger partial charge < -0.3 is 4.90 Å². The summed E-state index contributed by atoms with van der Waals surface area (Å²) < 4.78 is 38.8. The zero-order valence-corrected chi connectivity index (χ0v) is 9.48. The molecule has 1 amide bonds. The van der Waals surface area contributed by atoms with Crippen molar-refractivity contribution >= 4 is 17.5 Å². The molecule has 1 aliphatic heterocycles. The van der Waals surface area contributed by atoms with E-state index in [1.54, 1.807) is 0 Å². The van der Waals surface area contributed by atoms with Gasteiger partial charge in [-0.25, -0.2) is 13.2 Å². The second kappa shape index (κ2) is 4.56. The van der Waals surface area contributed by atoms with Crippen LogP contribution in [0.5, 0.6) is 0 Å². The molecule has 92 valence electrons. The van der Waals surface area contributed by atoms with Crippen molar-refractivity contribution in [3.8, 4) is 0 Å². The van der Waals surface area contributed by atoms with Crippen LogP contribution in [0.3, 0.4) is 0 Å². The molecule has 6 heteroatoms. The lowest BCUT2D eigenvalue weighted by molar-refractivity contribution is -0.126. The summed E-state index contributed by atoms with van der Waals surface area (Å²) in [6, 6.07) is 1.89. The fourth-order valence-electron chi connectivity index (χ4n) is 1.92. The summed E-state index contributed by atoms with van der Waals surface area (Å²) in [6.07, 6.45) is 0.136. The number of hydrogen-bond acceptors (Lipinski definition) is 1. The molecule has 0 saturated carbocycles. The Morgan fingerprint density at radius 3 is 2.35 bits per heavy atom. The van der Waals surface area contributed by atoms with Crippen molar-refractivity contribution in [3.63, 3.8) is 0 Å². The van der Waals surface area contributed by atoms with Gasteiger partial charge in [0.2, 0.25) is 5.91 Å². The Kier molecular flexibility index (Phi) is 3.28. The van der Waals surface area contributed by atoms with Gasteiger partial charge in [-0.3, -0.25) is 4.79 Å².